The summed E-state index contributed by atoms with van der Waals surface area (Å²) in [5.74, 6) is 4.78. The molecule has 3 fully saturated rings. The van der Waals surface area contributed by atoms with E-state index in [1.165, 1.54) is 24.8 Å². The summed E-state index contributed by atoms with van der Waals surface area (Å²) < 4.78 is 11.3. The maximum absolute atomic E-state index is 11.8. The summed E-state index contributed by atoms with van der Waals surface area (Å²) in [5, 5.41) is 11.3. The molecule has 3 saturated carbocycles. The molecule has 0 bridgehead atoms. The Balaban J connectivity index is 0.000000148. The minimum atomic E-state index is -0.105. The van der Waals surface area contributed by atoms with Gasteiger partial charge in [-0.1, -0.05) is 84.9 Å². The zero-order valence-corrected chi connectivity index (χ0v) is 25.9. The van der Waals surface area contributed by atoms with Crippen molar-refractivity contribution in [2.24, 2.45) is 34.5 Å². The first-order valence-corrected chi connectivity index (χ1v) is 15.7. The number of hydrogen-bond acceptors (Lipinski definition) is 4. The molecule has 1 heterocycles. The summed E-state index contributed by atoms with van der Waals surface area (Å²) >= 11 is 24.1. The Morgan fingerprint density at radius 1 is 0.875 bits per heavy atom. The third-order valence-electron chi connectivity index (χ3n) is 10.7. The molecule has 0 spiro atoms. The lowest BCUT2D eigenvalue weighted by Gasteiger charge is -2.58. The standard InChI is InChI=1S/C20H30O2.C12H4Cl4O2/c1-12-10-17(22)20(3)9-7-16-15(18(12)20)5-4-13-11-14(21)6-8-19(13,16)2;13-7-8(14)10(16)12-11(9(7)15)17-5-3-1-2-4-6(5)18-12/h11-12,15-18,22H,4-10H2,1-3H3;1-4H/t12?,15-,16+,17+,18+,19+,20-;/m1./s1. The molecular weight excluding hydrogens is 590 g/mol. The molecular formula is C32H34Cl4O4. The largest absolute Gasteiger partial charge is 0.448 e. The number of aliphatic hydroxyl groups is 1. The predicted octanol–water partition coefficient (Wildman–Crippen LogP) is 10.3. The van der Waals surface area contributed by atoms with Crippen molar-refractivity contribution in [3.05, 3.63) is 56.0 Å². The second-order valence-electron chi connectivity index (χ2n) is 12.7. The van der Waals surface area contributed by atoms with Crippen LogP contribution in [-0.4, -0.2) is 17.0 Å². The average Bonchev–Trinajstić information content (AvgIpc) is 3.18. The lowest BCUT2D eigenvalue weighted by molar-refractivity contribution is -0.118. The van der Waals surface area contributed by atoms with Gasteiger partial charge in [0.1, 0.15) is 10.0 Å². The quantitative estimate of drug-likeness (QED) is 0.200. The van der Waals surface area contributed by atoms with Gasteiger partial charge in [0.2, 0.25) is 0 Å². The van der Waals surface area contributed by atoms with Crippen LogP contribution < -0.4 is 9.47 Å². The highest BCUT2D eigenvalue weighted by atomic mass is 35.5. The van der Waals surface area contributed by atoms with Gasteiger partial charge in [0.15, 0.2) is 28.8 Å². The van der Waals surface area contributed by atoms with E-state index in [1.807, 2.05) is 18.2 Å². The van der Waals surface area contributed by atoms with E-state index in [-0.39, 0.29) is 48.5 Å². The number of carbonyl (C=O) groups excluding carboxylic acids is 1. The number of hydrogen-bond donors (Lipinski definition) is 1. The van der Waals surface area contributed by atoms with Gasteiger partial charge in [-0.3, -0.25) is 4.79 Å². The van der Waals surface area contributed by atoms with Crippen molar-refractivity contribution in [3.63, 3.8) is 0 Å². The van der Waals surface area contributed by atoms with E-state index in [0.717, 1.165) is 37.5 Å². The third-order valence-corrected chi connectivity index (χ3v) is 12.5. The number of benzene rings is 2. The fraction of sp³-hybridized carbons (Fsp3) is 0.531. The molecule has 0 amide bonds. The van der Waals surface area contributed by atoms with Gasteiger partial charge in [-0.15, -0.1) is 0 Å². The second-order valence-corrected chi connectivity index (χ2v) is 14.2. The van der Waals surface area contributed by atoms with Gasteiger partial charge in [0.05, 0.1) is 16.1 Å². The van der Waals surface area contributed by atoms with Crippen molar-refractivity contribution >= 4 is 52.2 Å². The summed E-state index contributed by atoms with van der Waals surface area (Å²) in [6, 6.07) is 7.15. The molecule has 1 unspecified atom stereocenters. The van der Waals surface area contributed by atoms with Crippen molar-refractivity contribution in [1.82, 2.24) is 0 Å². The first kappa shape index (κ1) is 28.7. The van der Waals surface area contributed by atoms with Gasteiger partial charge >= 0.3 is 0 Å². The zero-order valence-electron chi connectivity index (χ0n) is 22.9. The Bertz CT molecular complexity index is 1350. The lowest BCUT2D eigenvalue weighted by Crippen LogP contribution is -2.52. The number of ketones is 1. The Kier molecular flexibility index (Phi) is 7.44. The Hall–Kier alpha value is -1.43. The number of carbonyl (C=O) groups is 1. The molecule has 7 rings (SSSR count). The highest BCUT2D eigenvalue weighted by molar-refractivity contribution is 6.53. The van der Waals surface area contributed by atoms with Crippen molar-refractivity contribution in [1.29, 1.82) is 0 Å². The fourth-order valence-electron chi connectivity index (χ4n) is 8.68. The highest BCUT2D eigenvalue weighted by Crippen LogP contribution is 2.66. The van der Waals surface area contributed by atoms with Crippen LogP contribution in [0, 0.1) is 34.5 Å². The van der Waals surface area contributed by atoms with E-state index < -0.39 is 0 Å². The molecule has 4 nitrogen and oxygen atoms in total. The number of allylic oxidation sites excluding steroid dienone is 1. The minimum absolute atomic E-state index is 0.105. The molecule has 8 heteroatoms. The Morgan fingerprint density at radius 2 is 1.48 bits per heavy atom. The van der Waals surface area contributed by atoms with Gasteiger partial charge in [-0.25, -0.2) is 0 Å². The molecule has 214 valence electrons. The SMILES string of the molecule is CC1C[C@H](O)[C@@]2(C)CC[C@H]3[C@@H](CCC4=CC(=O)CC[C@@]43C)[C@H]12.Clc1c(Cl)c(Cl)c2c(c1Cl)Oc1ccccc1O2. The van der Waals surface area contributed by atoms with E-state index in [9.17, 15) is 9.90 Å². The summed E-state index contributed by atoms with van der Waals surface area (Å²) in [6.07, 6.45) is 9.41. The molecule has 0 radical (unpaired) electrons. The van der Waals surface area contributed by atoms with Crippen LogP contribution in [0.3, 0.4) is 0 Å². The first-order valence-electron chi connectivity index (χ1n) is 14.2. The van der Waals surface area contributed by atoms with Gasteiger partial charge in [-0.05, 0) is 91.2 Å². The van der Waals surface area contributed by atoms with E-state index in [1.54, 1.807) is 12.1 Å². The first-order chi connectivity index (χ1) is 19.0. The number of aliphatic hydroxyl groups excluding tert-OH is 1. The fourth-order valence-corrected chi connectivity index (χ4v) is 9.57. The topological polar surface area (TPSA) is 55.8 Å². The third kappa shape index (κ3) is 4.40. The van der Waals surface area contributed by atoms with Crippen LogP contribution in [0.25, 0.3) is 0 Å². The van der Waals surface area contributed by atoms with Crippen molar-refractivity contribution in [2.45, 2.75) is 71.8 Å². The molecule has 4 aliphatic carbocycles. The van der Waals surface area contributed by atoms with Crippen LogP contribution in [-0.2, 0) is 4.79 Å². The molecule has 5 aliphatic rings. The van der Waals surface area contributed by atoms with Crippen LogP contribution in [0.15, 0.2) is 35.9 Å². The van der Waals surface area contributed by atoms with E-state index >= 15 is 0 Å². The molecule has 2 aromatic carbocycles. The lowest BCUT2D eigenvalue weighted by atomic mass is 9.46. The number of rotatable bonds is 0. The van der Waals surface area contributed by atoms with Gasteiger partial charge in [0.25, 0.3) is 0 Å². The number of para-hydroxylation sites is 2. The van der Waals surface area contributed by atoms with Crippen LogP contribution in [0.4, 0.5) is 0 Å². The summed E-state index contributed by atoms with van der Waals surface area (Å²) in [7, 11) is 0. The minimum Gasteiger partial charge on any atom is -0.448 e. The zero-order chi connectivity index (χ0) is 28.6. The van der Waals surface area contributed by atoms with Crippen LogP contribution in [0.5, 0.6) is 23.0 Å². The Morgan fingerprint density at radius 3 is 2.08 bits per heavy atom. The van der Waals surface area contributed by atoms with Gasteiger partial charge < -0.3 is 14.6 Å². The van der Waals surface area contributed by atoms with Crippen LogP contribution >= 0.6 is 46.4 Å². The van der Waals surface area contributed by atoms with Crippen molar-refractivity contribution in [2.75, 3.05) is 0 Å². The smallest absolute Gasteiger partial charge is 0.191 e. The predicted molar refractivity (Wildman–Crippen MR) is 160 cm³/mol. The molecule has 1 N–H and O–H groups in total. The molecule has 2 aromatic rings. The van der Waals surface area contributed by atoms with Crippen molar-refractivity contribution in [3.8, 4) is 23.0 Å². The van der Waals surface area contributed by atoms with Crippen LogP contribution in [0.2, 0.25) is 20.1 Å². The monoisotopic (exact) mass is 622 g/mol. The number of ether oxygens (including phenoxy) is 2. The Labute approximate surface area is 255 Å². The molecule has 0 saturated heterocycles. The van der Waals surface area contributed by atoms with Gasteiger partial charge in [0, 0.05) is 6.42 Å². The van der Waals surface area contributed by atoms with Crippen molar-refractivity contribution < 1.29 is 19.4 Å². The summed E-state index contributed by atoms with van der Waals surface area (Å²) in [6.45, 7) is 7.14. The maximum atomic E-state index is 11.8. The second kappa shape index (κ2) is 10.4. The highest BCUT2D eigenvalue weighted by Gasteiger charge is 2.60. The molecule has 40 heavy (non-hydrogen) atoms. The normalized spacial score (nSPS) is 35.4. The van der Waals surface area contributed by atoms with E-state index in [2.05, 4.69) is 20.8 Å². The maximum Gasteiger partial charge on any atom is 0.191 e. The van der Waals surface area contributed by atoms with Crippen LogP contribution in [0.1, 0.15) is 65.7 Å². The molecule has 0 aromatic heterocycles. The summed E-state index contributed by atoms with van der Waals surface area (Å²) in [4.78, 5) is 11.8. The average molecular weight is 624 g/mol. The molecule has 1 aliphatic heterocycles. The van der Waals surface area contributed by atoms with E-state index in [0.29, 0.717) is 29.1 Å². The van der Waals surface area contributed by atoms with Gasteiger partial charge in [-0.2, -0.15) is 0 Å². The molecule has 7 atom stereocenters. The summed E-state index contributed by atoms with van der Waals surface area (Å²) in [5.41, 5.74) is 1.84. The number of halogens is 4. The van der Waals surface area contributed by atoms with E-state index in [4.69, 9.17) is 55.9 Å². The number of fused-ring (bicyclic) bond motifs is 7.